The number of ether oxygens (including phenoxy) is 1. The van der Waals surface area contributed by atoms with Gasteiger partial charge < -0.3 is 20.1 Å². The summed E-state index contributed by atoms with van der Waals surface area (Å²) in [5.74, 6) is -1.80. The predicted octanol–water partition coefficient (Wildman–Crippen LogP) is 2.73. The number of carbonyl (C=O) groups is 3. The summed E-state index contributed by atoms with van der Waals surface area (Å²) in [5, 5.41) is 11.9. The number of rotatable bonds is 12. The van der Waals surface area contributed by atoms with E-state index in [1.165, 1.54) is 4.90 Å². The molecule has 0 saturated carbocycles. The van der Waals surface area contributed by atoms with E-state index in [2.05, 4.69) is 12.2 Å². The fourth-order valence-corrected chi connectivity index (χ4v) is 3.52. The number of hydrogen-bond donors (Lipinski definition) is 2. The molecule has 0 spiro atoms. The van der Waals surface area contributed by atoms with Crippen LogP contribution < -0.4 is 5.32 Å². The first kappa shape index (κ1) is 22.9. The van der Waals surface area contributed by atoms with Gasteiger partial charge in [-0.15, -0.1) is 0 Å². The summed E-state index contributed by atoms with van der Waals surface area (Å²) in [6, 6.07) is 7.81. The minimum atomic E-state index is -1.10. The molecular weight excluding hydrogens is 372 g/mol. The smallest absolute Gasteiger partial charge is 0.305 e. The molecule has 1 aliphatic heterocycles. The first-order valence-corrected chi connectivity index (χ1v) is 10.4. The van der Waals surface area contributed by atoms with Crippen molar-refractivity contribution in [1.29, 1.82) is 0 Å². The van der Waals surface area contributed by atoms with Crippen LogP contribution >= 0.6 is 0 Å². The minimum absolute atomic E-state index is 0.271. The minimum Gasteiger partial charge on any atom is -0.481 e. The largest absolute Gasteiger partial charge is 0.481 e. The van der Waals surface area contributed by atoms with Crippen molar-refractivity contribution in [2.45, 2.75) is 77.2 Å². The number of hydrogen-bond acceptors (Lipinski definition) is 4. The Morgan fingerprint density at radius 1 is 1.17 bits per heavy atom. The molecule has 1 saturated heterocycles. The Balaban J connectivity index is 2.02. The molecule has 0 bridgehead atoms. The molecule has 1 fully saturated rings. The lowest BCUT2D eigenvalue weighted by atomic mass is 10.0. The number of carboxylic acid groups (broad SMARTS) is 1. The van der Waals surface area contributed by atoms with E-state index >= 15 is 0 Å². The van der Waals surface area contributed by atoms with Crippen LogP contribution in [0.3, 0.4) is 0 Å². The van der Waals surface area contributed by atoms with E-state index in [9.17, 15) is 19.5 Å². The summed E-state index contributed by atoms with van der Waals surface area (Å²) >= 11 is 0. The number of unbranched alkanes of at least 4 members (excludes halogenated alkanes) is 4. The molecule has 7 nitrogen and oxygen atoms in total. The zero-order valence-corrected chi connectivity index (χ0v) is 17.3. The molecule has 0 aliphatic carbocycles. The van der Waals surface area contributed by atoms with Crippen molar-refractivity contribution >= 4 is 17.8 Å². The van der Waals surface area contributed by atoms with Gasteiger partial charge in [-0.25, -0.2) is 0 Å². The normalized spacial score (nSPS) is 20.4. The highest BCUT2D eigenvalue weighted by molar-refractivity contribution is 5.98. The van der Waals surface area contributed by atoms with Gasteiger partial charge in [0.2, 0.25) is 11.8 Å². The standard InChI is InChI=1S/C22H32N2O5/c1-3-4-5-6-10-13-24-18(14-19(25)26)21(27)23-20(22(24)28)16(2)29-15-17-11-8-7-9-12-17/h7-9,11-12,16,18,20H,3-6,10,13-15H2,1-2H3,(H,23,27)(H,25,26)/t16?,18-,20?/m0/s1. The molecule has 0 radical (unpaired) electrons. The van der Waals surface area contributed by atoms with Gasteiger partial charge in [-0.1, -0.05) is 62.9 Å². The van der Waals surface area contributed by atoms with Crippen LogP contribution in [-0.4, -0.2) is 52.5 Å². The van der Waals surface area contributed by atoms with E-state index in [0.717, 1.165) is 37.7 Å². The monoisotopic (exact) mass is 404 g/mol. The highest BCUT2D eigenvalue weighted by atomic mass is 16.5. The molecule has 1 heterocycles. The lowest BCUT2D eigenvalue weighted by Crippen LogP contribution is -2.66. The van der Waals surface area contributed by atoms with Gasteiger partial charge in [0.15, 0.2) is 0 Å². The van der Waals surface area contributed by atoms with Gasteiger partial charge in [-0.05, 0) is 18.9 Å². The van der Waals surface area contributed by atoms with E-state index in [0.29, 0.717) is 13.2 Å². The summed E-state index contributed by atoms with van der Waals surface area (Å²) in [6.45, 7) is 4.60. The summed E-state index contributed by atoms with van der Waals surface area (Å²) < 4.78 is 5.83. The van der Waals surface area contributed by atoms with Crippen molar-refractivity contribution in [2.24, 2.45) is 0 Å². The number of benzene rings is 1. The van der Waals surface area contributed by atoms with Crippen molar-refractivity contribution in [2.75, 3.05) is 6.54 Å². The Bertz CT molecular complexity index is 679. The third-order valence-electron chi connectivity index (χ3n) is 5.22. The molecule has 2 N–H and O–H groups in total. The van der Waals surface area contributed by atoms with E-state index in [1.54, 1.807) is 6.92 Å². The number of amides is 2. The average molecular weight is 405 g/mol. The SMILES string of the molecule is CCCCCCCN1C(=O)C(C(C)OCc2ccccc2)NC(=O)[C@@H]1CC(=O)O. The zero-order valence-electron chi connectivity index (χ0n) is 17.3. The van der Waals surface area contributed by atoms with Gasteiger partial charge >= 0.3 is 5.97 Å². The van der Waals surface area contributed by atoms with E-state index in [1.807, 2.05) is 30.3 Å². The van der Waals surface area contributed by atoms with Gasteiger partial charge in [-0.2, -0.15) is 0 Å². The summed E-state index contributed by atoms with van der Waals surface area (Å²) in [4.78, 5) is 38.3. The second-order valence-electron chi connectivity index (χ2n) is 7.55. The number of nitrogens with one attached hydrogen (secondary N) is 1. The molecule has 1 aliphatic rings. The Morgan fingerprint density at radius 2 is 1.86 bits per heavy atom. The fraction of sp³-hybridized carbons (Fsp3) is 0.591. The fourth-order valence-electron chi connectivity index (χ4n) is 3.52. The van der Waals surface area contributed by atoms with Crippen LogP contribution in [0.2, 0.25) is 0 Å². The van der Waals surface area contributed by atoms with Crippen molar-refractivity contribution < 1.29 is 24.2 Å². The third-order valence-corrected chi connectivity index (χ3v) is 5.22. The predicted molar refractivity (Wildman–Crippen MR) is 109 cm³/mol. The van der Waals surface area contributed by atoms with Crippen LogP contribution in [0.1, 0.15) is 57.9 Å². The molecule has 1 aromatic carbocycles. The van der Waals surface area contributed by atoms with Crippen molar-refractivity contribution in [1.82, 2.24) is 10.2 Å². The Kier molecular flexibility index (Phi) is 9.12. The maximum atomic E-state index is 13.1. The molecule has 1 aromatic rings. The number of carboxylic acids is 1. The lowest BCUT2D eigenvalue weighted by molar-refractivity contribution is -0.156. The first-order valence-electron chi connectivity index (χ1n) is 10.4. The molecule has 2 amide bonds. The van der Waals surface area contributed by atoms with Crippen LogP contribution in [0, 0.1) is 0 Å². The van der Waals surface area contributed by atoms with Crippen molar-refractivity contribution in [3.05, 3.63) is 35.9 Å². The van der Waals surface area contributed by atoms with Crippen molar-refractivity contribution in [3.8, 4) is 0 Å². The van der Waals surface area contributed by atoms with Crippen LogP contribution in [0.15, 0.2) is 30.3 Å². The summed E-state index contributed by atoms with van der Waals surface area (Å²) in [6.07, 6.45) is 4.09. The number of piperazine rings is 1. The molecule has 0 aromatic heterocycles. The van der Waals surface area contributed by atoms with Gasteiger partial charge in [0, 0.05) is 6.54 Å². The van der Waals surface area contributed by atoms with Crippen LogP contribution in [0.5, 0.6) is 0 Å². The van der Waals surface area contributed by atoms with Crippen LogP contribution in [0.4, 0.5) is 0 Å². The van der Waals surface area contributed by atoms with Crippen LogP contribution in [0.25, 0.3) is 0 Å². The highest BCUT2D eigenvalue weighted by Gasteiger charge is 2.43. The van der Waals surface area contributed by atoms with E-state index < -0.39 is 36.5 Å². The molecule has 2 unspecified atom stereocenters. The molecule has 3 atom stereocenters. The van der Waals surface area contributed by atoms with Crippen LogP contribution in [-0.2, 0) is 25.7 Å². The third kappa shape index (κ3) is 6.85. The molecule has 2 rings (SSSR count). The quantitative estimate of drug-likeness (QED) is 0.522. The number of nitrogens with zero attached hydrogens (tertiary/aromatic N) is 1. The maximum Gasteiger partial charge on any atom is 0.305 e. The zero-order chi connectivity index (χ0) is 21.2. The maximum absolute atomic E-state index is 13.1. The van der Waals surface area contributed by atoms with Gasteiger partial charge in [0.1, 0.15) is 12.1 Å². The molecule has 7 heteroatoms. The second kappa shape index (κ2) is 11.6. The topological polar surface area (TPSA) is 95.9 Å². The summed E-state index contributed by atoms with van der Waals surface area (Å²) in [5.41, 5.74) is 0.977. The molecule has 160 valence electrons. The molecule has 29 heavy (non-hydrogen) atoms. The van der Waals surface area contributed by atoms with E-state index in [4.69, 9.17) is 4.74 Å². The number of aliphatic carboxylic acids is 1. The lowest BCUT2D eigenvalue weighted by Gasteiger charge is -2.40. The summed E-state index contributed by atoms with van der Waals surface area (Å²) in [7, 11) is 0. The average Bonchev–Trinajstić information content (AvgIpc) is 2.70. The van der Waals surface area contributed by atoms with Gasteiger partial charge in [-0.3, -0.25) is 14.4 Å². The number of carbonyl (C=O) groups excluding carboxylic acids is 2. The Hall–Kier alpha value is -2.41. The van der Waals surface area contributed by atoms with Crippen molar-refractivity contribution in [3.63, 3.8) is 0 Å². The second-order valence-corrected chi connectivity index (χ2v) is 7.55. The Morgan fingerprint density at radius 3 is 2.52 bits per heavy atom. The van der Waals surface area contributed by atoms with E-state index in [-0.39, 0.29) is 5.91 Å². The molecular formula is C22H32N2O5. The van der Waals surface area contributed by atoms with Gasteiger partial charge in [0.05, 0.1) is 19.1 Å². The van der Waals surface area contributed by atoms with Gasteiger partial charge in [0.25, 0.3) is 0 Å². The highest BCUT2D eigenvalue weighted by Crippen LogP contribution is 2.19. The Labute approximate surface area is 172 Å². The first-order chi connectivity index (χ1) is 13.9.